The number of ether oxygens (including phenoxy) is 1. The van der Waals surface area contributed by atoms with Crippen molar-refractivity contribution in [2.24, 2.45) is 0 Å². The van der Waals surface area contributed by atoms with Gasteiger partial charge in [0.15, 0.2) is 5.11 Å². The summed E-state index contributed by atoms with van der Waals surface area (Å²) in [7, 11) is 0. The van der Waals surface area contributed by atoms with Crippen LogP contribution in [0.2, 0.25) is 0 Å². The Morgan fingerprint density at radius 2 is 1.74 bits per heavy atom. The van der Waals surface area contributed by atoms with Crippen molar-refractivity contribution >= 4 is 45.6 Å². The molecule has 178 valence electrons. The minimum absolute atomic E-state index is 0.0514. The Morgan fingerprint density at radius 3 is 2.37 bits per heavy atom. The summed E-state index contributed by atoms with van der Waals surface area (Å²) in [5.41, 5.74) is 4.27. The Bertz CT molecular complexity index is 1450. The van der Waals surface area contributed by atoms with E-state index in [-0.39, 0.29) is 16.4 Å². The molecule has 11 heteroatoms. The van der Waals surface area contributed by atoms with Crippen molar-refractivity contribution in [2.45, 2.75) is 20.8 Å². The Morgan fingerprint density at radius 1 is 1.06 bits per heavy atom. The molecule has 0 aliphatic heterocycles. The molecule has 0 saturated heterocycles. The number of hydrogen-bond donors (Lipinski definition) is 2. The standard InChI is InChI=1S/C24H22N6O4S/c1-4-34-18-8-6-17(7-9-18)29-27-20-12-14(2)19(13-21(20)28-29)25-24(35)26-23(31)16-5-10-22(30(32)33)15(3)11-16/h5-13H,4H2,1-3H3,(H2,25,26,31,35). The molecule has 0 saturated carbocycles. The highest BCUT2D eigenvalue weighted by Gasteiger charge is 2.15. The van der Waals surface area contributed by atoms with Crippen LogP contribution in [0.5, 0.6) is 5.75 Å². The van der Waals surface area contributed by atoms with Gasteiger partial charge >= 0.3 is 0 Å². The van der Waals surface area contributed by atoms with Gasteiger partial charge in [-0.1, -0.05) is 0 Å². The highest BCUT2D eigenvalue weighted by molar-refractivity contribution is 7.80. The molecule has 4 aromatic rings. The summed E-state index contributed by atoms with van der Waals surface area (Å²) < 4.78 is 5.47. The van der Waals surface area contributed by atoms with Crippen molar-refractivity contribution in [3.63, 3.8) is 0 Å². The first-order valence-electron chi connectivity index (χ1n) is 10.7. The summed E-state index contributed by atoms with van der Waals surface area (Å²) in [6.45, 7) is 5.98. The molecule has 35 heavy (non-hydrogen) atoms. The first-order chi connectivity index (χ1) is 16.7. The van der Waals surface area contributed by atoms with E-state index in [1.165, 1.54) is 18.2 Å². The second-order valence-electron chi connectivity index (χ2n) is 7.74. The van der Waals surface area contributed by atoms with Crippen molar-refractivity contribution in [1.82, 2.24) is 20.3 Å². The van der Waals surface area contributed by atoms with E-state index in [1.807, 2.05) is 44.2 Å². The Balaban J connectivity index is 1.49. The summed E-state index contributed by atoms with van der Waals surface area (Å²) in [5.74, 6) is 0.301. The summed E-state index contributed by atoms with van der Waals surface area (Å²) in [6.07, 6.45) is 0. The summed E-state index contributed by atoms with van der Waals surface area (Å²) in [6, 6.07) is 15.3. The lowest BCUT2D eigenvalue weighted by Gasteiger charge is -2.12. The fourth-order valence-electron chi connectivity index (χ4n) is 3.49. The molecule has 10 nitrogen and oxygen atoms in total. The zero-order valence-electron chi connectivity index (χ0n) is 19.2. The second kappa shape index (κ2) is 9.85. The number of aryl methyl sites for hydroxylation is 2. The van der Waals surface area contributed by atoms with Crippen LogP contribution in [-0.2, 0) is 0 Å². The molecule has 3 aromatic carbocycles. The molecule has 0 unspecified atom stereocenters. The summed E-state index contributed by atoms with van der Waals surface area (Å²) in [4.78, 5) is 24.6. The predicted molar refractivity (Wildman–Crippen MR) is 136 cm³/mol. The predicted octanol–water partition coefficient (Wildman–Crippen LogP) is 4.47. The number of amides is 1. The molecule has 0 aliphatic rings. The fraction of sp³-hybridized carbons (Fsp3) is 0.167. The van der Waals surface area contributed by atoms with Gasteiger partial charge in [0.2, 0.25) is 0 Å². The number of rotatable bonds is 6. The number of fused-ring (bicyclic) bond motifs is 1. The van der Waals surface area contributed by atoms with E-state index in [9.17, 15) is 14.9 Å². The highest BCUT2D eigenvalue weighted by Crippen LogP contribution is 2.23. The van der Waals surface area contributed by atoms with Crippen LogP contribution in [0, 0.1) is 24.0 Å². The summed E-state index contributed by atoms with van der Waals surface area (Å²) in [5, 5.41) is 25.8. The molecule has 0 bridgehead atoms. The van der Waals surface area contributed by atoms with Crippen molar-refractivity contribution in [3.05, 3.63) is 81.4 Å². The van der Waals surface area contributed by atoms with Crippen LogP contribution in [-0.4, -0.2) is 37.5 Å². The zero-order valence-corrected chi connectivity index (χ0v) is 20.0. The van der Waals surface area contributed by atoms with Crippen LogP contribution in [0.3, 0.4) is 0 Å². The minimum atomic E-state index is -0.492. The van der Waals surface area contributed by atoms with Gasteiger partial charge in [0, 0.05) is 22.9 Å². The van der Waals surface area contributed by atoms with E-state index < -0.39 is 10.8 Å². The van der Waals surface area contributed by atoms with E-state index in [0.29, 0.717) is 28.9 Å². The summed E-state index contributed by atoms with van der Waals surface area (Å²) >= 11 is 5.31. The van der Waals surface area contributed by atoms with E-state index in [0.717, 1.165) is 17.0 Å². The molecule has 1 heterocycles. The normalized spacial score (nSPS) is 10.7. The topological polar surface area (TPSA) is 124 Å². The maximum absolute atomic E-state index is 12.6. The van der Waals surface area contributed by atoms with Gasteiger partial charge in [0.05, 0.1) is 17.2 Å². The molecule has 0 spiro atoms. The van der Waals surface area contributed by atoms with E-state index >= 15 is 0 Å². The van der Waals surface area contributed by atoms with Gasteiger partial charge in [-0.2, -0.15) is 4.80 Å². The molecule has 0 radical (unpaired) electrons. The zero-order chi connectivity index (χ0) is 25.1. The number of hydrogen-bond acceptors (Lipinski definition) is 7. The van der Waals surface area contributed by atoms with Crippen LogP contribution >= 0.6 is 12.2 Å². The first-order valence-corrected chi connectivity index (χ1v) is 11.1. The number of carbonyl (C=O) groups is 1. The average molecular weight is 491 g/mol. The molecule has 0 fully saturated rings. The molecule has 2 N–H and O–H groups in total. The average Bonchev–Trinajstić information content (AvgIpc) is 3.22. The molecule has 0 atom stereocenters. The number of anilines is 1. The van der Waals surface area contributed by atoms with Crippen LogP contribution in [0.1, 0.15) is 28.4 Å². The minimum Gasteiger partial charge on any atom is -0.494 e. The lowest BCUT2D eigenvalue weighted by Crippen LogP contribution is -2.34. The van der Waals surface area contributed by atoms with Crippen LogP contribution in [0.15, 0.2) is 54.6 Å². The number of thiocarbonyl (C=S) groups is 1. The number of nitrogens with zero attached hydrogens (tertiary/aromatic N) is 4. The van der Waals surface area contributed by atoms with Crippen molar-refractivity contribution in [2.75, 3.05) is 11.9 Å². The molecule has 0 aliphatic carbocycles. The van der Waals surface area contributed by atoms with Gasteiger partial charge in [-0.25, -0.2) is 0 Å². The van der Waals surface area contributed by atoms with Crippen LogP contribution in [0.25, 0.3) is 16.7 Å². The van der Waals surface area contributed by atoms with Gasteiger partial charge in [0.25, 0.3) is 11.6 Å². The maximum Gasteiger partial charge on any atom is 0.272 e. The van der Waals surface area contributed by atoms with Gasteiger partial charge in [-0.3, -0.25) is 20.2 Å². The molecular formula is C24H22N6O4S. The highest BCUT2D eigenvalue weighted by atomic mass is 32.1. The van der Waals surface area contributed by atoms with Crippen molar-refractivity contribution in [1.29, 1.82) is 0 Å². The molecular weight excluding hydrogens is 468 g/mol. The Labute approximate surface area is 206 Å². The molecule has 4 rings (SSSR count). The van der Waals surface area contributed by atoms with E-state index in [2.05, 4.69) is 20.8 Å². The van der Waals surface area contributed by atoms with Crippen LogP contribution < -0.4 is 15.4 Å². The van der Waals surface area contributed by atoms with Crippen molar-refractivity contribution < 1.29 is 14.5 Å². The first kappa shape index (κ1) is 23.8. The molecule has 1 aromatic heterocycles. The van der Waals surface area contributed by atoms with Gasteiger partial charge in [0.1, 0.15) is 16.8 Å². The molecule has 1 amide bonds. The number of aromatic nitrogens is 3. The van der Waals surface area contributed by atoms with E-state index in [4.69, 9.17) is 17.0 Å². The number of nitro groups is 1. The maximum atomic E-state index is 12.6. The third-order valence-corrected chi connectivity index (χ3v) is 5.44. The third-order valence-electron chi connectivity index (χ3n) is 5.24. The SMILES string of the molecule is CCOc1ccc(-n2nc3cc(C)c(NC(=S)NC(=O)c4ccc([N+](=O)[O-])c(C)c4)cc3n2)cc1. The van der Waals surface area contributed by atoms with Crippen molar-refractivity contribution in [3.8, 4) is 11.4 Å². The smallest absolute Gasteiger partial charge is 0.272 e. The number of nitro benzene ring substituents is 1. The number of carbonyl (C=O) groups excluding carboxylic acids is 1. The number of nitrogens with one attached hydrogen (secondary N) is 2. The monoisotopic (exact) mass is 490 g/mol. The lowest BCUT2D eigenvalue weighted by molar-refractivity contribution is -0.385. The van der Waals surface area contributed by atoms with Gasteiger partial charge in [-0.15, -0.1) is 10.2 Å². The quantitative estimate of drug-likeness (QED) is 0.230. The van der Waals surface area contributed by atoms with E-state index in [1.54, 1.807) is 17.8 Å². The Hall–Kier alpha value is -4.38. The van der Waals surface area contributed by atoms with Gasteiger partial charge in [-0.05, 0) is 87.1 Å². The second-order valence-corrected chi connectivity index (χ2v) is 8.15. The van der Waals surface area contributed by atoms with Crippen LogP contribution in [0.4, 0.5) is 11.4 Å². The fourth-order valence-corrected chi connectivity index (χ4v) is 3.69. The largest absolute Gasteiger partial charge is 0.494 e. The number of benzene rings is 3. The van der Waals surface area contributed by atoms with Gasteiger partial charge < -0.3 is 10.1 Å². The third kappa shape index (κ3) is 5.25. The lowest BCUT2D eigenvalue weighted by atomic mass is 10.1. The Kier molecular flexibility index (Phi) is 6.69.